The van der Waals surface area contributed by atoms with Gasteiger partial charge in [-0.25, -0.2) is 12.7 Å². The highest BCUT2D eigenvalue weighted by molar-refractivity contribution is 14.0. The minimum atomic E-state index is -3.43. The number of guanidine groups is 1. The number of rotatable bonds is 5. The fraction of sp³-hybridized carbons (Fsp3) is 0.350. The van der Waals surface area contributed by atoms with Crippen molar-refractivity contribution in [1.29, 1.82) is 0 Å². The third-order valence-electron chi connectivity index (χ3n) is 4.40. The van der Waals surface area contributed by atoms with Crippen molar-refractivity contribution in [3.05, 3.63) is 48.0 Å². The summed E-state index contributed by atoms with van der Waals surface area (Å²) in [7, 11) is 1.29. The van der Waals surface area contributed by atoms with Crippen LogP contribution in [0, 0.1) is 0 Å². The van der Waals surface area contributed by atoms with Crippen LogP contribution in [0.5, 0.6) is 11.5 Å². The van der Waals surface area contributed by atoms with E-state index in [1.54, 1.807) is 31.3 Å². The van der Waals surface area contributed by atoms with E-state index in [1.807, 2.05) is 18.2 Å². The number of nitrogens with one attached hydrogen (secondary N) is 2. The molecule has 2 N–H and O–H groups in total. The van der Waals surface area contributed by atoms with Gasteiger partial charge >= 0.3 is 0 Å². The van der Waals surface area contributed by atoms with Crippen LogP contribution in [-0.4, -0.2) is 53.0 Å². The fourth-order valence-corrected chi connectivity index (χ4v) is 3.63. The Morgan fingerprint density at radius 2 is 1.73 bits per heavy atom. The highest BCUT2D eigenvalue weighted by Crippen LogP contribution is 2.32. The van der Waals surface area contributed by atoms with Crippen LogP contribution in [0.4, 0.5) is 5.69 Å². The van der Waals surface area contributed by atoms with E-state index in [1.165, 1.54) is 18.4 Å². The van der Waals surface area contributed by atoms with Crippen molar-refractivity contribution in [3.63, 3.8) is 0 Å². The van der Waals surface area contributed by atoms with Gasteiger partial charge < -0.3 is 20.1 Å². The Hall–Kier alpha value is -2.05. The van der Waals surface area contributed by atoms with Gasteiger partial charge in [0.15, 0.2) is 17.5 Å². The number of hydrogen-bond acceptors (Lipinski definition) is 5. The number of sulfonamides is 1. The third-order valence-corrected chi connectivity index (χ3v) is 6.23. The van der Waals surface area contributed by atoms with Gasteiger partial charge in [-0.05, 0) is 29.8 Å². The van der Waals surface area contributed by atoms with Crippen LogP contribution in [-0.2, 0) is 16.6 Å². The van der Waals surface area contributed by atoms with Gasteiger partial charge in [0.25, 0.3) is 0 Å². The van der Waals surface area contributed by atoms with Gasteiger partial charge in [0, 0.05) is 45.9 Å². The van der Waals surface area contributed by atoms with Gasteiger partial charge in [0.1, 0.15) is 0 Å². The maximum atomic E-state index is 12.1. The Morgan fingerprint density at radius 3 is 2.37 bits per heavy atom. The molecule has 0 aromatic heterocycles. The molecule has 0 aliphatic carbocycles. The summed E-state index contributed by atoms with van der Waals surface area (Å²) in [5.74, 6) is 2.04. The standard InChI is InChI=1S/C20H26N4O4S.HI/c1-21-20(23-16-7-10-18-19(13-16)28-12-4-11-27-18)22-14-15-5-8-17(9-6-15)29(25,26)24(2)3;/h5-10,13H,4,11-12,14H2,1-3H3,(H2,21,22,23);1H. The third kappa shape index (κ3) is 5.99. The van der Waals surface area contributed by atoms with Gasteiger partial charge in [-0.1, -0.05) is 12.1 Å². The first-order valence-corrected chi connectivity index (χ1v) is 10.7. The number of fused-ring (bicyclic) bond motifs is 1. The molecule has 0 saturated heterocycles. The summed E-state index contributed by atoms with van der Waals surface area (Å²) >= 11 is 0. The van der Waals surface area contributed by atoms with Crippen molar-refractivity contribution >= 4 is 45.6 Å². The van der Waals surface area contributed by atoms with Crippen LogP contribution in [0.3, 0.4) is 0 Å². The van der Waals surface area contributed by atoms with Gasteiger partial charge in [-0.15, -0.1) is 24.0 Å². The molecule has 3 rings (SSSR count). The number of anilines is 1. The lowest BCUT2D eigenvalue weighted by Gasteiger charge is -2.15. The van der Waals surface area contributed by atoms with E-state index in [2.05, 4.69) is 15.6 Å². The summed E-state index contributed by atoms with van der Waals surface area (Å²) in [5.41, 5.74) is 1.76. The topological polar surface area (TPSA) is 92.3 Å². The smallest absolute Gasteiger partial charge is 0.242 e. The number of ether oxygens (including phenoxy) is 2. The molecule has 0 bridgehead atoms. The summed E-state index contributed by atoms with van der Waals surface area (Å²) in [6, 6.07) is 12.4. The van der Waals surface area contributed by atoms with E-state index >= 15 is 0 Å². The molecule has 1 heterocycles. The van der Waals surface area contributed by atoms with Crippen LogP contribution < -0.4 is 20.1 Å². The van der Waals surface area contributed by atoms with Crippen molar-refractivity contribution < 1.29 is 17.9 Å². The van der Waals surface area contributed by atoms with Gasteiger partial charge in [0.05, 0.1) is 18.1 Å². The maximum absolute atomic E-state index is 12.1. The molecule has 8 nitrogen and oxygen atoms in total. The quantitative estimate of drug-likeness (QED) is 0.341. The van der Waals surface area contributed by atoms with Gasteiger partial charge in [0.2, 0.25) is 10.0 Å². The number of benzene rings is 2. The predicted octanol–water partition coefficient (Wildman–Crippen LogP) is 2.90. The first-order chi connectivity index (χ1) is 13.9. The first-order valence-electron chi connectivity index (χ1n) is 9.29. The van der Waals surface area contributed by atoms with E-state index in [0.717, 1.165) is 23.4 Å². The van der Waals surface area contributed by atoms with Crippen LogP contribution in [0.25, 0.3) is 0 Å². The lowest BCUT2D eigenvalue weighted by molar-refractivity contribution is 0.297. The number of halogens is 1. The average molecular weight is 546 g/mol. The number of aliphatic imine (C=N–C) groups is 1. The molecular weight excluding hydrogens is 519 g/mol. The summed E-state index contributed by atoms with van der Waals surface area (Å²) in [4.78, 5) is 4.49. The fourth-order valence-electron chi connectivity index (χ4n) is 2.73. The van der Waals surface area contributed by atoms with E-state index in [4.69, 9.17) is 9.47 Å². The molecule has 0 unspecified atom stereocenters. The molecule has 1 aliphatic rings. The van der Waals surface area contributed by atoms with Crippen LogP contribution >= 0.6 is 24.0 Å². The van der Waals surface area contributed by atoms with E-state index in [-0.39, 0.29) is 28.9 Å². The molecule has 164 valence electrons. The highest BCUT2D eigenvalue weighted by atomic mass is 127. The Bertz CT molecular complexity index is 979. The molecule has 10 heteroatoms. The molecule has 0 fully saturated rings. The molecule has 0 atom stereocenters. The number of nitrogens with zero attached hydrogens (tertiary/aromatic N) is 2. The van der Waals surface area contributed by atoms with Crippen molar-refractivity contribution in [2.75, 3.05) is 39.7 Å². The van der Waals surface area contributed by atoms with Crippen molar-refractivity contribution in [2.24, 2.45) is 4.99 Å². The lowest BCUT2D eigenvalue weighted by Crippen LogP contribution is -2.30. The van der Waals surface area contributed by atoms with Crippen molar-refractivity contribution in [3.8, 4) is 11.5 Å². The van der Waals surface area contributed by atoms with Gasteiger partial charge in [-0.3, -0.25) is 4.99 Å². The Balaban J connectivity index is 0.00000320. The molecule has 0 amide bonds. The molecule has 0 radical (unpaired) electrons. The zero-order valence-corrected chi connectivity index (χ0v) is 20.4. The van der Waals surface area contributed by atoms with Crippen molar-refractivity contribution in [1.82, 2.24) is 9.62 Å². The molecule has 1 aliphatic heterocycles. The van der Waals surface area contributed by atoms with Crippen LogP contribution in [0.2, 0.25) is 0 Å². The minimum Gasteiger partial charge on any atom is -0.490 e. The monoisotopic (exact) mass is 546 g/mol. The Kier molecular flexibility index (Phi) is 8.74. The molecule has 2 aromatic carbocycles. The van der Waals surface area contributed by atoms with Crippen molar-refractivity contribution in [2.45, 2.75) is 17.9 Å². The Labute approximate surface area is 194 Å². The summed E-state index contributed by atoms with van der Waals surface area (Å²) < 4.78 is 36.8. The zero-order chi connectivity index (χ0) is 20.9. The van der Waals surface area contributed by atoms with Crippen LogP contribution in [0.1, 0.15) is 12.0 Å². The predicted molar refractivity (Wildman–Crippen MR) is 129 cm³/mol. The van der Waals surface area contributed by atoms with Crippen LogP contribution in [0.15, 0.2) is 52.4 Å². The average Bonchev–Trinajstić information content (AvgIpc) is 2.96. The minimum absolute atomic E-state index is 0. The molecular formula is C20H27IN4O4S. The second-order valence-electron chi connectivity index (χ2n) is 6.69. The van der Waals surface area contributed by atoms with E-state index in [9.17, 15) is 8.42 Å². The second-order valence-corrected chi connectivity index (χ2v) is 8.85. The summed E-state index contributed by atoms with van der Waals surface area (Å²) in [5, 5.41) is 6.44. The largest absolute Gasteiger partial charge is 0.490 e. The first kappa shape index (κ1) is 24.2. The van der Waals surface area contributed by atoms with Gasteiger partial charge in [-0.2, -0.15) is 0 Å². The molecule has 2 aromatic rings. The normalized spacial score (nSPS) is 13.9. The summed E-state index contributed by atoms with van der Waals surface area (Å²) in [6.07, 6.45) is 0.856. The zero-order valence-electron chi connectivity index (χ0n) is 17.2. The SMILES string of the molecule is CN=C(NCc1ccc(S(=O)(=O)N(C)C)cc1)Nc1ccc2c(c1)OCCCO2.I. The molecule has 30 heavy (non-hydrogen) atoms. The number of hydrogen-bond donors (Lipinski definition) is 2. The second kappa shape index (κ2) is 10.8. The lowest BCUT2D eigenvalue weighted by atomic mass is 10.2. The Morgan fingerprint density at radius 1 is 1.07 bits per heavy atom. The van der Waals surface area contributed by atoms with E-state index in [0.29, 0.717) is 31.5 Å². The summed E-state index contributed by atoms with van der Waals surface area (Å²) in [6.45, 7) is 1.77. The molecule has 0 spiro atoms. The van der Waals surface area contributed by atoms with E-state index < -0.39 is 10.0 Å². The molecule has 0 saturated carbocycles. The highest BCUT2D eigenvalue weighted by Gasteiger charge is 2.16. The maximum Gasteiger partial charge on any atom is 0.242 e.